The first kappa shape index (κ1) is 14.8. The van der Waals surface area contributed by atoms with Gasteiger partial charge in [-0.1, -0.05) is 17.7 Å². The molecule has 8 heteroatoms. The van der Waals surface area contributed by atoms with Gasteiger partial charge < -0.3 is 4.57 Å². The fourth-order valence-electron chi connectivity index (χ4n) is 1.57. The van der Waals surface area contributed by atoms with Crippen LogP contribution in [0.5, 0.6) is 0 Å². The van der Waals surface area contributed by atoms with Crippen molar-refractivity contribution < 1.29 is 8.42 Å². The fourth-order valence-corrected chi connectivity index (χ4v) is 2.79. The second-order valence-electron chi connectivity index (χ2n) is 4.54. The van der Waals surface area contributed by atoms with Crippen LogP contribution in [0.1, 0.15) is 19.9 Å². The Morgan fingerprint density at radius 1 is 1.35 bits per heavy atom. The van der Waals surface area contributed by atoms with Gasteiger partial charge in [0.1, 0.15) is 11.0 Å². The molecule has 0 saturated carbocycles. The molecule has 0 atom stereocenters. The van der Waals surface area contributed by atoms with Crippen molar-refractivity contribution in [2.24, 2.45) is 0 Å². The van der Waals surface area contributed by atoms with Crippen LogP contribution in [0, 0.1) is 0 Å². The zero-order valence-electron chi connectivity index (χ0n) is 11.4. The second-order valence-corrected chi connectivity index (χ2v) is 6.85. The first-order chi connectivity index (χ1) is 9.32. The molecule has 0 saturated heterocycles. The maximum atomic E-state index is 12.4. The summed E-state index contributed by atoms with van der Waals surface area (Å²) in [6, 6.07) is 4.94. The predicted octanol–water partition coefficient (Wildman–Crippen LogP) is 2.34. The molecule has 2 aromatic rings. The quantitative estimate of drug-likeness (QED) is 0.812. The minimum atomic E-state index is -3.74. The number of hydrogen-bond donors (Lipinski definition) is 0. The second kappa shape index (κ2) is 5.41. The number of halogens is 1. The molecule has 20 heavy (non-hydrogen) atoms. The molecule has 0 radical (unpaired) electrons. The molecule has 2 heterocycles. The van der Waals surface area contributed by atoms with Crippen LogP contribution < -0.4 is 4.31 Å². The number of aromatic nitrogens is 3. The van der Waals surface area contributed by atoms with E-state index in [9.17, 15) is 8.42 Å². The van der Waals surface area contributed by atoms with Gasteiger partial charge in [0.15, 0.2) is 5.03 Å². The highest BCUT2D eigenvalue weighted by atomic mass is 35.5. The number of pyridine rings is 1. The molecule has 0 aromatic carbocycles. The smallest absolute Gasteiger partial charge is 0.284 e. The normalized spacial score (nSPS) is 11.8. The van der Waals surface area contributed by atoms with Gasteiger partial charge in [-0.05, 0) is 26.0 Å². The van der Waals surface area contributed by atoms with Gasteiger partial charge in [0.2, 0.25) is 0 Å². The van der Waals surface area contributed by atoms with Crippen LogP contribution in [0.15, 0.2) is 35.7 Å². The monoisotopic (exact) mass is 314 g/mol. The average Bonchev–Trinajstić information content (AvgIpc) is 2.88. The molecular weight excluding hydrogens is 300 g/mol. The van der Waals surface area contributed by atoms with Crippen LogP contribution in [0.25, 0.3) is 0 Å². The summed E-state index contributed by atoms with van der Waals surface area (Å²) in [6.45, 7) is 3.89. The summed E-state index contributed by atoms with van der Waals surface area (Å²) in [5, 5.41) is 0.215. The number of nitrogens with zero attached hydrogens (tertiary/aromatic N) is 4. The number of hydrogen-bond acceptors (Lipinski definition) is 4. The summed E-state index contributed by atoms with van der Waals surface area (Å²) >= 11 is 5.78. The van der Waals surface area contributed by atoms with E-state index in [1.807, 2.05) is 13.8 Å². The maximum Gasteiger partial charge on any atom is 0.284 e. The van der Waals surface area contributed by atoms with Crippen molar-refractivity contribution in [3.05, 3.63) is 35.9 Å². The molecule has 0 fully saturated rings. The maximum absolute atomic E-state index is 12.4. The number of anilines is 1. The lowest BCUT2D eigenvalue weighted by atomic mass is 10.4. The van der Waals surface area contributed by atoms with Crippen LogP contribution in [-0.4, -0.2) is 30.0 Å². The van der Waals surface area contributed by atoms with Gasteiger partial charge in [0, 0.05) is 19.3 Å². The van der Waals surface area contributed by atoms with Crippen molar-refractivity contribution in [1.29, 1.82) is 0 Å². The molecule has 2 aromatic heterocycles. The Bertz CT molecular complexity index is 712. The van der Waals surface area contributed by atoms with E-state index in [1.165, 1.54) is 19.6 Å². The van der Waals surface area contributed by atoms with Gasteiger partial charge in [-0.25, -0.2) is 9.97 Å². The summed E-state index contributed by atoms with van der Waals surface area (Å²) in [7, 11) is -2.32. The first-order valence-electron chi connectivity index (χ1n) is 5.97. The van der Waals surface area contributed by atoms with Crippen LogP contribution >= 0.6 is 11.6 Å². The van der Waals surface area contributed by atoms with E-state index in [-0.39, 0.29) is 22.0 Å². The molecule has 108 valence electrons. The van der Waals surface area contributed by atoms with Crippen LogP contribution in [0.4, 0.5) is 5.82 Å². The molecular formula is C12H15ClN4O2S. The van der Waals surface area contributed by atoms with Crippen LogP contribution in [-0.2, 0) is 10.0 Å². The molecule has 0 aliphatic carbocycles. The lowest BCUT2D eigenvalue weighted by molar-refractivity contribution is 0.587. The summed E-state index contributed by atoms with van der Waals surface area (Å²) in [5.74, 6) is 0.247. The van der Waals surface area contributed by atoms with Gasteiger partial charge >= 0.3 is 0 Å². The summed E-state index contributed by atoms with van der Waals surface area (Å²) in [5.41, 5.74) is 0. The van der Waals surface area contributed by atoms with E-state index >= 15 is 0 Å². The van der Waals surface area contributed by atoms with Crippen molar-refractivity contribution in [2.75, 3.05) is 11.4 Å². The summed E-state index contributed by atoms with van der Waals surface area (Å²) in [6.07, 6.45) is 3.00. The molecule has 0 aliphatic rings. The van der Waals surface area contributed by atoms with E-state index < -0.39 is 10.0 Å². The third-order valence-electron chi connectivity index (χ3n) is 2.82. The third-order valence-corrected chi connectivity index (χ3v) is 4.68. The third kappa shape index (κ3) is 2.78. The van der Waals surface area contributed by atoms with Crippen LogP contribution in [0.2, 0.25) is 5.15 Å². The van der Waals surface area contributed by atoms with Crippen molar-refractivity contribution in [2.45, 2.75) is 24.9 Å². The van der Waals surface area contributed by atoms with Gasteiger partial charge in [0.25, 0.3) is 10.0 Å². The highest BCUT2D eigenvalue weighted by Gasteiger charge is 2.25. The Balaban J connectivity index is 2.38. The summed E-state index contributed by atoms with van der Waals surface area (Å²) < 4.78 is 27.7. The molecule has 0 bridgehead atoms. The zero-order chi connectivity index (χ0) is 14.9. The summed E-state index contributed by atoms with van der Waals surface area (Å²) in [4.78, 5) is 7.94. The molecule has 0 amide bonds. The molecule has 6 nitrogen and oxygen atoms in total. The number of rotatable bonds is 4. The molecule has 0 unspecified atom stereocenters. The lowest BCUT2D eigenvalue weighted by Gasteiger charge is -2.16. The van der Waals surface area contributed by atoms with E-state index in [1.54, 1.807) is 22.8 Å². The van der Waals surface area contributed by atoms with E-state index in [2.05, 4.69) is 9.97 Å². The van der Waals surface area contributed by atoms with Gasteiger partial charge in [-0.3, -0.25) is 4.31 Å². The van der Waals surface area contributed by atoms with E-state index in [4.69, 9.17) is 11.6 Å². The lowest BCUT2D eigenvalue weighted by Crippen LogP contribution is -2.27. The molecule has 0 aliphatic heterocycles. The molecule has 0 N–H and O–H groups in total. The highest BCUT2D eigenvalue weighted by Crippen LogP contribution is 2.21. The number of imidazole rings is 1. The Morgan fingerprint density at radius 2 is 2.05 bits per heavy atom. The van der Waals surface area contributed by atoms with Crippen LogP contribution in [0.3, 0.4) is 0 Å². The first-order valence-corrected chi connectivity index (χ1v) is 7.79. The Morgan fingerprint density at radius 3 is 2.60 bits per heavy atom. The predicted molar refractivity (Wildman–Crippen MR) is 77.4 cm³/mol. The van der Waals surface area contributed by atoms with Gasteiger partial charge in [-0.2, -0.15) is 8.42 Å². The Kier molecular flexibility index (Phi) is 4.01. The minimum Gasteiger partial charge on any atom is -0.334 e. The highest BCUT2D eigenvalue weighted by molar-refractivity contribution is 7.92. The van der Waals surface area contributed by atoms with E-state index in [0.29, 0.717) is 0 Å². The molecule has 2 rings (SSSR count). The van der Waals surface area contributed by atoms with Gasteiger partial charge in [-0.15, -0.1) is 0 Å². The van der Waals surface area contributed by atoms with E-state index in [0.717, 1.165) is 4.31 Å². The largest absolute Gasteiger partial charge is 0.334 e. The number of sulfonamides is 1. The van der Waals surface area contributed by atoms with Crippen molar-refractivity contribution >= 4 is 27.4 Å². The van der Waals surface area contributed by atoms with Gasteiger partial charge in [0.05, 0.1) is 6.33 Å². The van der Waals surface area contributed by atoms with Crippen molar-refractivity contribution in [3.63, 3.8) is 0 Å². The van der Waals surface area contributed by atoms with Crippen molar-refractivity contribution in [1.82, 2.24) is 14.5 Å². The standard InChI is InChI=1S/C12H15ClN4O2S/c1-9(2)17-7-12(14-8-17)20(18,19)16(3)11-6-4-5-10(13)15-11/h4-9H,1-3H3. The average molecular weight is 315 g/mol. The topological polar surface area (TPSA) is 68.1 Å². The fraction of sp³-hybridized carbons (Fsp3) is 0.333. The zero-order valence-corrected chi connectivity index (χ0v) is 12.9. The Labute approximate surface area is 123 Å². The van der Waals surface area contributed by atoms with Crippen molar-refractivity contribution in [3.8, 4) is 0 Å². The minimum absolute atomic E-state index is 0.0181. The SMILES string of the molecule is CC(C)n1cnc(S(=O)(=O)N(C)c2cccc(Cl)n2)c1. The molecule has 0 spiro atoms. The Hall–Kier alpha value is -1.60.